The molecule has 0 aliphatic heterocycles. The first kappa shape index (κ1) is 17.9. The van der Waals surface area contributed by atoms with E-state index >= 15 is 0 Å². The number of nitrogens with zero attached hydrogens (tertiary/aromatic N) is 1. The minimum atomic E-state index is -0.715. The second kappa shape index (κ2) is 9.03. The topological polar surface area (TPSA) is 38.8 Å². The Hall–Kier alpha value is -2.40. The second-order valence-electron chi connectivity index (χ2n) is 5.46. The van der Waals surface area contributed by atoms with E-state index in [-0.39, 0.29) is 5.91 Å². The zero-order chi connectivity index (χ0) is 17.4. The molecule has 0 aliphatic rings. The van der Waals surface area contributed by atoms with Crippen molar-refractivity contribution in [2.45, 2.75) is 19.6 Å². The first-order valence-corrected chi connectivity index (χ1v) is 7.84. The Kier molecular flexibility index (Phi) is 6.75. The van der Waals surface area contributed by atoms with Crippen LogP contribution in [0.5, 0.6) is 5.75 Å². The normalized spacial score (nSPS) is 11.8. The van der Waals surface area contributed by atoms with Gasteiger partial charge in [0.1, 0.15) is 11.6 Å². The summed E-state index contributed by atoms with van der Waals surface area (Å²) in [6.45, 7) is 3.03. The van der Waals surface area contributed by atoms with Crippen LogP contribution in [0.25, 0.3) is 0 Å². The molecule has 1 unspecified atom stereocenters. The van der Waals surface area contributed by atoms with Gasteiger partial charge in [-0.15, -0.1) is 0 Å². The number of carbonyl (C=O) groups is 1. The zero-order valence-electron chi connectivity index (χ0n) is 13.9. The number of methoxy groups -OCH3 is 1. The largest absolute Gasteiger partial charge is 0.481 e. The number of benzene rings is 2. The Bertz CT molecular complexity index is 648. The summed E-state index contributed by atoms with van der Waals surface area (Å²) in [7, 11) is 1.60. The molecule has 1 amide bonds. The van der Waals surface area contributed by atoms with Crippen molar-refractivity contribution < 1.29 is 18.7 Å². The lowest BCUT2D eigenvalue weighted by molar-refractivity contribution is -0.139. The number of ether oxygens (including phenoxy) is 2. The SMILES string of the molecule is COCCN(Cc1ccccc1)C(=O)C(C)Oc1cccc(F)c1. The fourth-order valence-corrected chi connectivity index (χ4v) is 2.32. The molecule has 4 nitrogen and oxygen atoms in total. The predicted octanol–water partition coefficient (Wildman–Crippen LogP) is 3.27. The molecule has 5 heteroatoms. The zero-order valence-corrected chi connectivity index (χ0v) is 13.9. The van der Waals surface area contributed by atoms with Gasteiger partial charge >= 0.3 is 0 Å². The van der Waals surface area contributed by atoms with Crippen LogP contribution in [0.2, 0.25) is 0 Å². The van der Waals surface area contributed by atoms with E-state index in [4.69, 9.17) is 9.47 Å². The van der Waals surface area contributed by atoms with Crippen LogP contribution in [-0.2, 0) is 16.1 Å². The average Bonchev–Trinajstić information content (AvgIpc) is 2.59. The van der Waals surface area contributed by atoms with Crippen molar-refractivity contribution in [2.75, 3.05) is 20.3 Å². The standard InChI is InChI=1S/C19H22FNO3/c1-15(24-18-10-6-9-17(20)13-18)19(22)21(11-12-23-2)14-16-7-4-3-5-8-16/h3-10,13,15H,11-12,14H2,1-2H3. The van der Waals surface area contributed by atoms with Gasteiger partial charge in [0.2, 0.25) is 0 Å². The van der Waals surface area contributed by atoms with E-state index in [1.807, 2.05) is 30.3 Å². The molecule has 2 aromatic rings. The summed E-state index contributed by atoms with van der Waals surface area (Å²) in [5, 5.41) is 0. The Morgan fingerprint density at radius 2 is 1.92 bits per heavy atom. The fourth-order valence-electron chi connectivity index (χ4n) is 2.32. The van der Waals surface area contributed by atoms with E-state index < -0.39 is 11.9 Å². The van der Waals surface area contributed by atoms with Gasteiger partial charge in [0.25, 0.3) is 5.91 Å². The minimum absolute atomic E-state index is 0.167. The highest BCUT2D eigenvalue weighted by Gasteiger charge is 2.22. The van der Waals surface area contributed by atoms with Gasteiger partial charge in [-0.3, -0.25) is 4.79 Å². The summed E-state index contributed by atoms with van der Waals surface area (Å²) < 4.78 is 23.9. The summed E-state index contributed by atoms with van der Waals surface area (Å²) in [4.78, 5) is 14.4. The fraction of sp³-hybridized carbons (Fsp3) is 0.316. The first-order valence-electron chi connectivity index (χ1n) is 7.84. The summed E-state index contributed by atoms with van der Waals surface area (Å²) >= 11 is 0. The van der Waals surface area contributed by atoms with Gasteiger partial charge in [0.05, 0.1) is 6.61 Å². The van der Waals surface area contributed by atoms with Crippen LogP contribution in [0.1, 0.15) is 12.5 Å². The molecule has 0 aromatic heterocycles. The van der Waals surface area contributed by atoms with Gasteiger partial charge in [0.15, 0.2) is 6.10 Å². The molecule has 0 heterocycles. The maximum Gasteiger partial charge on any atom is 0.263 e. The van der Waals surface area contributed by atoms with Gasteiger partial charge < -0.3 is 14.4 Å². The Morgan fingerprint density at radius 3 is 2.58 bits per heavy atom. The Labute approximate surface area is 141 Å². The Morgan fingerprint density at radius 1 is 1.17 bits per heavy atom. The third kappa shape index (κ3) is 5.35. The Balaban J connectivity index is 2.05. The van der Waals surface area contributed by atoms with Crippen molar-refractivity contribution in [3.63, 3.8) is 0 Å². The van der Waals surface area contributed by atoms with Crippen molar-refractivity contribution in [1.29, 1.82) is 0 Å². The minimum Gasteiger partial charge on any atom is -0.481 e. The smallest absolute Gasteiger partial charge is 0.263 e. The summed E-state index contributed by atoms with van der Waals surface area (Å²) in [6.07, 6.45) is -0.715. The summed E-state index contributed by atoms with van der Waals surface area (Å²) in [5.74, 6) is -0.227. The molecule has 2 rings (SSSR count). The van der Waals surface area contributed by atoms with Gasteiger partial charge in [-0.05, 0) is 24.6 Å². The van der Waals surface area contributed by atoms with Crippen LogP contribution in [0.4, 0.5) is 4.39 Å². The van der Waals surface area contributed by atoms with E-state index in [1.165, 1.54) is 12.1 Å². The maximum atomic E-state index is 13.2. The molecule has 2 aromatic carbocycles. The number of hydrogen-bond acceptors (Lipinski definition) is 3. The van der Waals surface area contributed by atoms with Crippen LogP contribution >= 0.6 is 0 Å². The molecule has 0 fully saturated rings. The highest BCUT2D eigenvalue weighted by Crippen LogP contribution is 2.15. The van der Waals surface area contributed by atoms with Crippen molar-refractivity contribution in [3.05, 3.63) is 66.0 Å². The molecule has 0 saturated carbocycles. The van der Waals surface area contributed by atoms with Gasteiger partial charge in [-0.25, -0.2) is 4.39 Å². The summed E-state index contributed by atoms with van der Waals surface area (Å²) in [6, 6.07) is 15.5. The maximum absolute atomic E-state index is 13.2. The first-order chi connectivity index (χ1) is 11.6. The molecule has 128 valence electrons. The van der Waals surface area contributed by atoms with Crippen LogP contribution in [0.15, 0.2) is 54.6 Å². The number of halogens is 1. The quantitative estimate of drug-likeness (QED) is 0.745. The van der Waals surface area contributed by atoms with Crippen LogP contribution < -0.4 is 4.74 Å². The molecule has 0 spiro atoms. The monoisotopic (exact) mass is 331 g/mol. The predicted molar refractivity (Wildman–Crippen MR) is 90.2 cm³/mol. The van der Waals surface area contributed by atoms with E-state index in [0.717, 1.165) is 5.56 Å². The molecular weight excluding hydrogens is 309 g/mol. The number of carbonyl (C=O) groups excluding carboxylic acids is 1. The molecular formula is C19H22FNO3. The van der Waals surface area contributed by atoms with E-state index in [2.05, 4.69) is 0 Å². The molecule has 1 atom stereocenters. The molecule has 0 N–H and O–H groups in total. The molecule has 0 saturated heterocycles. The van der Waals surface area contributed by atoms with Crippen LogP contribution in [0, 0.1) is 5.82 Å². The lowest BCUT2D eigenvalue weighted by Crippen LogP contribution is -2.41. The number of amides is 1. The van der Waals surface area contributed by atoms with Gasteiger partial charge in [-0.2, -0.15) is 0 Å². The van der Waals surface area contributed by atoms with E-state index in [1.54, 1.807) is 31.1 Å². The molecule has 0 aliphatic carbocycles. The average molecular weight is 331 g/mol. The van der Waals surface area contributed by atoms with Crippen LogP contribution in [0.3, 0.4) is 0 Å². The van der Waals surface area contributed by atoms with Gasteiger partial charge in [0, 0.05) is 26.3 Å². The van der Waals surface area contributed by atoms with Crippen molar-refractivity contribution in [2.24, 2.45) is 0 Å². The van der Waals surface area contributed by atoms with E-state index in [0.29, 0.717) is 25.4 Å². The number of hydrogen-bond donors (Lipinski definition) is 0. The molecule has 0 bridgehead atoms. The molecule has 24 heavy (non-hydrogen) atoms. The third-order valence-corrected chi connectivity index (χ3v) is 3.55. The molecule has 0 radical (unpaired) electrons. The van der Waals surface area contributed by atoms with E-state index in [9.17, 15) is 9.18 Å². The highest BCUT2D eigenvalue weighted by molar-refractivity contribution is 5.80. The second-order valence-corrected chi connectivity index (χ2v) is 5.46. The lowest BCUT2D eigenvalue weighted by atomic mass is 10.2. The van der Waals surface area contributed by atoms with Gasteiger partial charge in [-0.1, -0.05) is 36.4 Å². The third-order valence-electron chi connectivity index (χ3n) is 3.55. The van der Waals surface area contributed by atoms with Crippen molar-refractivity contribution in [1.82, 2.24) is 4.90 Å². The van der Waals surface area contributed by atoms with Crippen LogP contribution in [-0.4, -0.2) is 37.2 Å². The van der Waals surface area contributed by atoms with Crippen molar-refractivity contribution >= 4 is 5.91 Å². The number of rotatable bonds is 8. The summed E-state index contributed by atoms with van der Waals surface area (Å²) in [5.41, 5.74) is 1.03. The lowest BCUT2D eigenvalue weighted by Gasteiger charge is -2.26. The highest BCUT2D eigenvalue weighted by atomic mass is 19.1. The van der Waals surface area contributed by atoms with Crippen molar-refractivity contribution in [3.8, 4) is 5.75 Å².